The number of hydrogen-bond acceptors (Lipinski definition) is 2. The van der Waals surface area contributed by atoms with Gasteiger partial charge in [-0.3, -0.25) is 4.79 Å². The molecular formula is C33H64O2. The average molecular weight is 493 g/mol. The predicted molar refractivity (Wildman–Crippen MR) is 156 cm³/mol. The second kappa shape index (κ2) is 31.2. The zero-order chi connectivity index (χ0) is 25.5. The molecule has 2 nitrogen and oxygen atoms in total. The Morgan fingerprint density at radius 3 is 1.20 bits per heavy atom. The van der Waals surface area contributed by atoms with Crippen molar-refractivity contribution in [2.24, 2.45) is 0 Å². The number of rotatable bonds is 29. The molecule has 0 atom stereocenters. The van der Waals surface area contributed by atoms with Gasteiger partial charge < -0.3 is 4.74 Å². The lowest BCUT2D eigenvalue weighted by Gasteiger charge is -2.05. The van der Waals surface area contributed by atoms with Gasteiger partial charge in [0.15, 0.2) is 0 Å². The van der Waals surface area contributed by atoms with Crippen molar-refractivity contribution < 1.29 is 9.53 Å². The maximum absolute atomic E-state index is 11.7. The second-order valence-corrected chi connectivity index (χ2v) is 10.8. The highest BCUT2D eigenvalue weighted by atomic mass is 16.5. The zero-order valence-electron chi connectivity index (χ0n) is 24.3. The highest BCUT2D eigenvalue weighted by molar-refractivity contribution is 5.69. The van der Waals surface area contributed by atoms with E-state index in [0.29, 0.717) is 13.0 Å². The maximum Gasteiger partial charge on any atom is 0.305 e. The summed E-state index contributed by atoms with van der Waals surface area (Å²) >= 11 is 0. The van der Waals surface area contributed by atoms with Crippen molar-refractivity contribution in [1.82, 2.24) is 0 Å². The number of esters is 1. The Bertz CT molecular complexity index is 429. The number of unbranched alkanes of at least 4 members (excludes halogenated alkanes) is 24. The van der Waals surface area contributed by atoms with E-state index in [2.05, 4.69) is 13.0 Å². The molecule has 0 saturated heterocycles. The Kier molecular flexibility index (Phi) is 30.5. The van der Waals surface area contributed by atoms with Crippen molar-refractivity contribution >= 4 is 5.97 Å². The Morgan fingerprint density at radius 2 is 0.857 bits per heavy atom. The zero-order valence-corrected chi connectivity index (χ0v) is 24.3. The van der Waals surface area contributed by atoms with E-state index in [0.717, 1.165) is 19.3 Å². The van der Waals surface area contributed by atoms with Gasteiger partial charge in [0, 0.05) is 6.42 Å². The minimum absolute atomic E-state index is 0.00993. The first kappa shape index (κ1) is 34.2. The largest absolute Gasteiger partial charge is 0.466 e. The van der Waals surface area contributed by atoms with Gasteiger partial charge >= 0.3 is 5.97 Å². The molecule has 0 N–H and O–H groups in total. The van der Waals surface area contributed by atoms with Crippen LogP contribution < -0.4 is 0 Å². The topological polar surface area (TPSA) is 26.3 Å². The fraction of sp³-hybridized carbons (Fsp3) is 0.909. The van der Waals surface area contributed by atoms with Gasteiger partial charge in [0.1, 0.15) is 0 Å². The number of ether oxygens (including phenoxy) is 1. The SMILES string of the molecule is C/C=C/CCCOC(=O)CCCCCCCCCCCCCCCCCCCCCCCCCC. The van der Waals surface area contributed by atoms with Gasteiger partial charge in [-0.1, -0.05) is 167 Å². The van der Waals surface area contributed by atoms with Gasteiger partial charge in [-0.15, -0.1) is 0 Å². The lowest BCUT2D eigenvalue weighted by molar-refractivity contribution is -0.143. The van der Waals surface area contributed by atoms with Gasteiger partial charge in [0.05, 0.1) is 6.61 Å². The summed E-state index contributed by atoms with van der Waals surface area (Å²) < 4.78 is 5.27. The van der Waals surface area contributed by atoms with Gasteiger partial charge in [0.2, 0.25) is 0 Å². The minimum Gasteiger partial charge on any atom is -0.466 e. The van der Waals surface area contributed by atoms with Crippen LogP contribution in [-0.4, -0.2) is 12.6 Å². The van der Waals surface area contributed by atoms with Crippen LogP contribution in [0, 0.1) is 0 Å². The molecule has 208 valence electrons. The van der Waals surface area contributed by atoms with Crippen LogP contribution in [0.25, 0.3) is 0 Å². The molecule has 0 aliphatic carbocycles. The third kappa shape index (κ3) is 31.2. The lowest BCUT2D eigenvalue weighted by Crippen LogP contribution is -2.05. The van der Waals surface area contributed by atoms with E-state index in [-0.39, 0.29) is 5.97 Å². The van der Waals surface area contributed by atoms with Crippen LogP contribution in [0.4, 0.5) is 0 Å². The molecule has 0 radical (unpaired) electrons. The van der Waals surface area contributed by atoms with E-state index < -0.39 is 0 Å². The van der Waals surface area contributed by atoms with E-state index in [1.807, 2.05) is 13.0 Å². The van der Waals surface area contributed by atoms with Crippen molar-refractivity contribution in [3.63, 3.8) is 0 Å². The molecule has 0 spiro atoms. The molecule has 0 rings (SSSR count). The summed E-state index contributed by atoms with van der Waals surface area (Å²) in [5, 5.41) is 0. The first-order valence-corrected chi connectivity index (χ1v) is 16.1. The third-order valence-corrected chi connectivity index (χ3v) is 7.25. The maximum atomic E-state index is 11.7. The monoisotopic (exact) mass is 492 g/mol. The summed E-state index contributed by atoms with van der Waals surface area (Å²) in [6, 6.07) is 0. The van der Waals surface area contributed by atoms with Crippen LogP contribution in [0.3, 0.4) is 0 Å². The fourth-order valence-corrected chi connectivity index (χ4v) is 4.86. The second-order valence-electron chi connectivity index (χ2n) is 10.8. The van der Waals surface area contributed by atoms with Gasteiger partial charge in [-0.25, -0.2) is 0 Å². The van der Waals surface area contributed by atoms with Crippen LogP contribution in [0.5, 0.6) is 0 Å². The van der Waals surface area contributed by atoms with Crippen molar-refractivity contribution in [3.05, 3.63) is 12.2 Å². The average Bonchev–Trinajstić information content (AvgIpc) is 2.86. The molecule has 0 fully saturated rings. The van der Waals surface area contributed by atoms with Crippen molar-refractivity contribution in [2.45, 2.75) is 187 Å². The van der Waals surface area contributed by atoms with Crippen LogP contribution in [0.15, 0.2) is 12.2 Å². The van der Waals surface area contributed by atoms with Gasteiger partial charge in [0.25, 0.3) is 0 Å². The summed E-state index contributed by atoms with van der Waals surface area (Å²) in [6.45, 7) is 4.89. The number of allylic oxidation sites excluding steroid dienone is 2. The summed E-state index contributed by atoms with van der Waals surface area (Å²) in [7, 11) is 0. The highest BCUT2D eigenvalue weighted by Gasteiger charge is 2.02. The molecule has 0 unspecified atom stereocenters. The number of carbonyl (C=O) groups is 1. The first-order chi connectivity index (χ1) is 17.3. The first-order valence-electron chi connectivity index (χ1n) is 16.1. The minimum atomic E-state index is -0.00993. The molecular weight excluding hydrogens is 428 g/mol. The summed E-state index contributed by atoms with van der Waals surface area (Å²) in [4.78, 5) is 11.7. The van der Waals surface area contributed by atoms with Crippen molar-refractivity contribution in [2.75, 3.05) is 6.61 Å². The molecule has 0 aromatic carbocycles. The molecule has 0 amide bonds. The number of carbonyl (C=O) groups excluding carboxylic acids is 1. The van der Waals surface area contributed by atoms with E-state index in [1.54, 1.807) is 0 Å². The Hall–Kier alpha value is -0.790. The van der Waals surface area contributed by atoms with Crippen molar-refractivity contribution in [3.8, 4) is 0 Å². The quantitative estimate of drug-likeness (QED) is 0.0589. The lowest BCUT2D eigenvalue weighted by atomic mass is 10.0. The Labute approximate surface area is 221 Å². The van der Waals surface area contributed by atoms with Gasteiger partial charge in [-0.05, 0) is 26.2 Å². The molecule has 0 heterocycles. The van der Waals surface area contributed by atoms with Crippen molar-refractivity contribution in [1.29, 1.82) is 0 Å². The summed E-state index contributed by atoms with van der Waals surface area (Å²) in [5.74, 6) is -0.00993. The highest BCUT2D eigenvalue weighted by Crippen LogP contribution is 2.15. The number of hydrogen-bond donors (Lipinski definition) is 0. The van der Waals surface area contributed by atoms with Crippen LogP contribution >= 0.6 is 0 Å². The smallest absolute Gasteiger partial charge is 0.305 e. The van der Waals surface area contributed by atoms with Crippen LogP contribution in [0.1, 0.15) is 187 Å². The van der Waals surface area contributed by atoms with E-state index >= 15 is 0 Å². The Balaban J connectivity index is 3.09. The van der Waals surface area contributed by atoms with Crippen LogP contribution in [0.2, 0.25) is 0 Å². The van der Waals surface area contributed by atoms with E-state index in [4.69, 9.17) is 4.74 Å². The van der Waals surface area contributed by atoms with E-state index in [1.165, 1.54) is 148 Å². The predicted octanol–water partition coefficient (Wildman–Crippen LogP) is 11.7. The molecule has 2 heteroatoms. The van der Waals surface area contributed by atoms with E-state index in [9.17, 15) is 4.79 Å². The molecule has 0 saturated carbocycles. The molecule has 0 aliphatic heterocycles. The molecule has 0 bridgehead atoms. The fourth-order valence-electron chi connectivity index (χ4n) is 4.86. The van der Waals surface area contributed by atoms with Gasteiger partial charge in [-0.2, -0.15) is 0 Å². The normalized spacial score (nSPS) is 11.5. The molecule has 0 aromatic heterocycles. The summed E-state index contributed by atoms with van der Waals surface area (Å²) in [6.07, 6.45) is 40.4. The Morgan fingerprint density at radius 1 is 0.514 bits per heavy atom. The molecule has 0 aromatic rings. The third-order valence-electron chi connectivity index (χ3n) is 7.25. The van der Waals surface area contributed by atoms with Crippen LogP contribution in [-0.2, 0) is 9.53 Å². The standard InChI is InChI=1S/C33H64O2/c1-3-5-7-9-10-11-12-13-14-15-16-17-18-19-20-21-22-23-24-25-26-27-28-29-31-33(34)35-32-30-8-6-4-2/h4,6H,3,5,7-32H2,1-2H3/b6-4+. The summed E-state index contributed by atoms with van der Waals surface area (Å²) in [5.41, 5.74) is 0. The molecule has 35 heavy (non-hydrogen) atoms. The molecule has 0 aliphatic rings.